The van der Waals surface area contributed by atoms with Crippen LogP contribution in [0.3, 0.4) is 0 Å². The van der Waals surface area contributed by atoms with Crippen molar-refractivity contribution in [3.8, 4) is 5.75 Å². The Morgan fingerprint density at radius 1 is 1.41 bits per heavy atom. The SMILES string of the molecule is COc1cc(C(F)(F)F)c(C(C)CN)cc1Cl. The maximum absolute atomic E-state index is 12.9. The molecule has 1 aromatic rings. The van der Waals surface area contributed by atoms with Crippen molar-refractivity contribution in [3.63, 3.8) is 0 Å². The molecule has 1 atom stereocenters. The van der Waals surface area contributed by atoms with E-state index in [1.165, 1.54) is 13.2 Å². The molecule has 0 aliphatic carbocycles. The van der Waals surface area contributed by atoms with Crippen molar-refractivity contribution in [2.75, 3.05) is 13.7 Å². The molecule has 96 valence electrons. The highest BCUT2D eigenvalue weighted by atomic mass is 35.5. The van der Waals surface area contributed by atoms with Gasteiger partial charge in [0.05, 0.1) is 17.7 Å². The first-order valence-corrected chi connectivity index (χ1v) is 5.33. The van der Waals surface area contributed by atoms with Gasteiger partial charge in [0.2, 0.25) is 0 Å². The van der Waals surface area contributed by atoms with Crippen LogP contribution in [0.25, 0.3) is 0 Å². The molecule has 0 saturated carbocycles. The molecule has 0 aliphatic rings. The summed E-state index contributed by atoms with van der Waals surface area (Å²) in [5.41, 5.74) is 4.73. The highest BCUT2D eigenvalue weighted by molar-refractivity contribution is 6.32. The summed E-state index contributed by atoms with van der Waals surface area (Å²) in [7, 11) is 1.27. The molecule has 0 radical (unpaired) electrons. The molecule has 1 rings (SSSR count). The van der Waals surface area contributed by atoms with Crippen molar-refractivity contribution < 1.29 is 17.9 Å². The molecular weight excluding hydrogens is 255 g/mol. The normalized spacial score (nSPS) is 13.6. The molecule has 1 unspecified atom stereocenters. The number of halogens is 4. The van der Waals surface area contributed by atoms with E-state index in [1.807, 2.05) is 0 Å². The molecule has 0 spiro atoms. The largest absolute Gasteiger partial charge is 0.495 e. The first-order chi connectivity index (χ1) is 7.81. The van der Waals surface area contributed by atoms with Gasteiger partial charge in [-0.05, 0) is 30.2 Å². The molecular formula is C11H13ClF3NO. The Bertz CT molecular complexity index is 406. The Labute approximate surface area is 103 Å². The number of methoxy groups -OCH3 is 1. The minimum absolute atomic E-state index is 0.00645. The summed E-state index contributed by atoms with van der Waals surface area (Å²) in [6.45, 7) is 1.74. The highest BCUT2D eigenvalue weighted by Crippen LogP contribution is 2.40. The van der Waals surface area contributed by atoms with E-state index in [0.29, 0.717) is 0 Å². The van der Waals surface area contributed by atoms with E-state index in [-0.39, 0.29) is 22.9 Å². The van der Waals surface area contributed by atoms with Crippen LogP contribution in [0, 0.1) is 0 Å². The smallest absolute Gasteiger partial charge is 0.416 e. The molecule has 0 aliphatic heterocycles. The van der Waals surface area contributed by atoms with Crippen LogP contribution in [-0.2, 0) is 6.18 Å². The predicted molar refractivity (Wildman–Crippen MR) is 60.5 cm³/mol. The first kappa shape index (κ1) is 14.1. The summed E-state index contributed by atoms with van der Waals surface area (Å²) in [5.74, 6) is -0.415. The van der Waals surface area contributed by atoms with Crippen LogP contribution in [0.15, 0.2) is 12.1 Å². The summed E-state index contributed by atoms with van der Waals surface area (Å²) >= 11 is 5.82. The fourth-order valence-electron chi connectivity index (χ4n) is 1.51. The number of hydrogen-bond acceptors (Lipinski definition) is 2. The summed E-state index contributed by atoms with van der Waals surface area (Å²) < 4.78 is 43.3. The summed E-state index contributed by atoms with van der Waals surface area (Å²) in [4.78, 5) is 0. The number of benzene rings is 1. The van der Waals surface area contributed by atoms with E-state index in [4.69, 9.17) is 22.1 Å². The predicted octanol–water partition coefficient (Wildman–Crippen LogP) is 3.43. The third-order valence-electron chi connectivity index (χ3n) is 2.51. The van der Waals surface area contributed by atoms with E-state index in [0.717, 1.165) is 6.07 Å². The molecule has 0 bridgehead atoms. The Kier molecular flexibility index (Phi) is 4.27. The van der Waals surface area contributed by atoms with Crippen molar-refractivity contribution in [3.05, 3.63) is 28.3 Å². The van der Waals surface area contributed by atoms with Gasteiger partial charge in [-0.15, -0.1) is 0 Å². The molecule has 6 heteroatoms. The van der Waals surface area contributed by atoms with Gasteiger partial charge < -0.3 is 10.5 Å². The van der Waals surface area contributed by atoms with Crippen LogP contribution in [0.1, 0.15) is 24.0 Å². The third-order valence-corrected chi connectivity index (χ3v) is 2.81. The fourth-order valence-corrected chi connectivity index (χ4v) is 1.75. The Balaban J connectivity index is 3.42. The molecule has 0 amide bonds. The average Bonchev–Trinajstić information content (AvgIpc) is 2.26. The van der Waals surface area contributed by atoms with Gasteiger partial charge in [0.1, 0.15) is 5.75 Å². The molecule has 2 N–H and O–H groups in total. The van der Waals surface area contributed by atoms with Crippen LogP contribution in [0.5, 0.6) is 5.75 Å². The summed E-state index contributed by atoms with van der Waals surface area (Å²) in [6, 6.07) is 2.17. The van der Waals surface area contributed by atoms with E-state index < -0.39 is 17.7 Å². The van der Waals surface area contributed by atoms with Gasteiger partial charge in [-0.1, -0.05) is 18.5 Å². The lowest BCUT2D eigenvalue weighted by Crippen LogP contribution is -2.16. The van der Waals surface area contributed by atoms with Gasteiger partial charge in [-0.25, -0.2) is 0 Å². The van der Waals surface area contributed by atoms with Gasteiger partial charge >= 0.3 is 6.18 Å². The second-order valence-electron chi connectivity index (χ2n) is 3.71. The minimum Gasteiger partial charge on any atom is -0.495 e. The monoisotopic (exact) mass is 267 g/mol. The molecule has 2 nitrogen and oxygen atoms in total. The Morgan fingerprint density at radius 2 is 2.00 bits per heavy atom. The van der Waals surface area contributed by atoms with Crippen LogP contribution < -0.4 is 10.5 Å². The zero-order valence-corrected chi connectivity index (χ0v) is 10.2. The summed E-state index contributed by atoms with van der Waals surface area (Å²) in [5, 5.41) is 0.149. The van der Waals surface area contributed by atoms with Gasteiger partial charge in [0, 0.05) is 0 Å². The van der Waals surface area contributed by atoms with Gasteiger partial charge in [0.15, 0.2) is 0 Å². The van der Waals surface area contributed by atoms with Crippen LogP contribution in [-0.4, -0.2) is 13.7 Å². The third kappa shape index (κ3) is 3.04. The van der Waals surface area contributed by atoms with E-state index in [9.17, 15) is 13.2 Å². The van der Waals surface area contributed by atoms with Crippen molar-refractivity contribution >= 4 is 11.6 Å². The average molecular weight is 268 g/mol. The maximum atomic E-state index is 12.9. The van der Waals surface area contributed by atoms with Crippen molar-refractivity contribution in [1.82, 2.24) is 0 Å². The van der Waals surface area contributed by atoms with Crippen LogP contribution in [0.4, 0.5) is 13.2 Å². The summed E-state index contributed by atoms with van der Waals surface area (Å²) in [6.07, 6.45) is -4.45. The number of rotatable bonds is 3. The van der Waals surface area contributed by atoms with Gasteiger partial charge in [0.25, 0.3) is 0 Å². The molecule has 0 aromatic heterocycles. The first-order valence-electron chi connectivity index (χ1n) is 4.96. The quantitative estimate of drug-likeness (QED) is 0.911. The molecule has 0 saturated heterocycles. The standard InChI is InChI=1S/C11H13ClF3NO/c1-6(5-16)7-3-9(12)10(17-2)4-8(7)11(13,14)15/h3-4,6H,5,16H2,1-2H3. The Morgan fingerprint density at radius 3 is 2.41 bits per heavy atom. The lowest BCUT2D eigenvalue weighted by atomic mass is 9.95. The van der Waals surface area contributed by atoms with Gasteiger partial charge in [-0.3, -0.25) is 0 Å². The second-order valence-corrected chi connectivity index (χ2v) is 4.12. The fraction of sp³-hybridized carbons (Fsp3) is 0.455. The number of nitrogens with two attached hydrogens (primary N) is 1. The van der Waals surface area contributed by atoms with Crippen molar-refractivity contribution in [1.29, 1.82) is 0 Å². The molecule has 1 aromatic carbocycles. The van der Waals surface area contributed by atoms with Gasteiger partial charge in [-0.2, -0.15) is 13.2 Å². The molecule has 0 heterocycles. The zero-order chi connectivity index (χ0) is 13.2. The van der Waals surface area contributed by atoms with Crippen molar-refractivity contribution in [2.24, 2.45) is 5.73 Å². The number of hydrogen-bond donors (Lipinski definition) is 1. The van der Waals surface area contributed by atoms with E-state index in [2.05, 4.69) is 0 Å². The molecule has 17 heavy (non-hydrogen) atoms. The van der Waals surface area contributed by atoms with Crippen molar-refractivity contribution in [2.45, 2.75) is 19.0 Å². The van der Waals surface area contributed by atoms with E-state index in [1.54, 1.807) is 6.92 Å². The lowest BCUT2D eigenvalue weighted by molar-refractivity contribution is -0.138. The minimum atomic E-state index is -4.45. The zero-order valence-electron chi connectivity index (χ0n) is 9.44. The Hall–Kier alpha value is -0.940. The van der Waals surface area contributed by atoms with E-state index >= 15 is 0 Å². The highest BCUT2D eigenvalue weighted by Gasteiger charge is 2.35. The number of ether oxygens (including phenoxy) is 1. The second kappa shape index (κ2) is 5.14. The molecule has 0 fully saturated rings. The lowest BCUT2D eigenvalue weighted by Gasteiger charge is -2.19. The maximum Gasteiger partial charge on any atom is 0.416 e. The van der Waals surface area contributed by atoms with Crippen LogP contribution in [0.2, 0.25) is 5.02 Å². The topological polar surface area (TPSA) is 35.2 Å². The number of alkyl halides is 3. The van der Waals surface area contributed by atoms with Crippen LogP contribution >= 0.6 is 11.6 Å².